The summed E-state index contributed by atoms with van der Waals surface area (Å²) in [6.07, 6.45) is 14.5. The van der Waals surface area contributed by atoms with Crippen molar-refractivity contribution in [3.05, 3.63) is 23.5 Å². The molecule has 1 unspecified atom stereocenters. The molecule has 4 aliphatic carbocycles. The molecule has 0 radical (unpaired) electrons. The quantitative estimate of drug-likeness (QED) is 0.677. The summed E-state index contributed by atoms with van der Waals surface area (Å²) >= 11 is 0. The summed E-state index contributed by atoms with van der Waals surface area (Å²) in [5.74, 6) is 3.78. The highest BCUT2D eigenvalue weighted by Crippen LogP contribution is 2.65. The second-order valence-electron chi connectivity index (χ2n) is 8.87. The predicted molar refractivity (Wildman–Crippen MR) is 91.7 cm³/mol. The van der Waals surface area contributed by atoms with Crippen LogP contribution in [0, 0.1) is 34.5 Å². The zero-order valence-corrected chi connectivity index (χ0v) is 14.8. The fraction of sp³-hybridized carbons (Fsp3) is 0.762. The normalized spacial score (nSPS) is 48.5. The number of methoxy groups -OCH3 is 1. The lowest BCUT2D eigenvalue weighted by Crippen LogP contribution is -2.49. The van der Waals surface area contributed by atoms with Gasteiger partial charge in [0.25, 0.3) is 0 Å². The number of fused-ring (bicyclic) bond motifs is 5. The molecule has 2 nitrogen and oxygen atoms in total. The number of carbonyl (C=O) groups excluding carboxylic acids is 1. The highest BCUT2D eigenvalue weighted by molar-refractivity contribution is 5.56. The average molecular weight is 314 g/mol. The highest BCUT2D eigenvalue weighted by atomic mass is 16.5. The standard InChI is InChI=1S/C21H30O2/c1-20-10-8-16(23-3)12-14(20)4-6-17-18-7-5-15(13-22)21(18,2)11-9-19(17)20/h4,12-13,15,17-19H,5-11H2,1-3H3/t15?,17-,18-,19-,20-,21+/m0/s1. The summed E-state index contributed by atoms with van der Waals surface area (Å²) in [7, 11) is 1.80. The van der Waals surface area contributed by atoms with E-state index >= 15 is 0 Å². The van der Waals surface area contributed by atoms with Gasteiger partial charge in [0, 0.05) is 12.3 Å². The van der Waals surface area contributed by atoms with Gasteiger partial charge in [-0.3, -0.25) is 0 Å². The van der Waals surface area contributed by atoms with Crippen molar-refractivity contribution in [2.75, 3.05) is 7.11 Å². The Morgan fingerprint density at radius 3 is 2.74 bits per heavy atom. The van der Waals surface area contributed by atoms with Gasteiger partial charge in [-0.15, -0.1) is 0 Å². The van der Waals surface area contributed by atoms with Crippen molar-refractivity contribution in [3.8, 4) is 0 Å². The van der Waals surface area contributed by atoms with Gasteiger partial charge in [-0.2, -0.15) is 0 Å². The Morgan fingerprint density at radius 2 is 2.00 bits per heavy atom. The Morgan fingerprint density at radius 1 is 1.17 bits per heavy atom. The summed E-state index contributed by atoms with van der Waals surface area (Å²) in [4.78, 5) is 11.6. The third-order valence-corrected chi connectivity index (χ3v) is 8.23. The van der Waals surface area contributed by atoms with E-state index in [1.807, 2.05) is 0 Å². The van der Waals surface area contributed by atoms with E-state index in [4.69, 9.17) is 4.74 Å². The molecule has 2 heteroatoms. The smallest absolute Gasteiger partial charge is 0.123 e. The number of rotatable bonds is 2. The van der Waals surface area contributed by atoms with Crippen LogP contribution >= 0.6 is 0 Å². The van der Waals surface area contributed by atoms with Crippen LogP contribution in [0.25, 0.3) is 0 Å². The van der Waals surface area contributed by atoms with Crippen LogP contribution in [0.3, 0.4) is 0 Å². The van der Waals surface area contributed by atoms with Crippen LogP contribution in [0.4, 0.5) is 0 Å². The molecule has 0 aromatic carbocycles. The van der Waals surface area contributed by atoms with Crippen LogP contribution in [0.5, 0.6) is 0 Å². The summed E-state index contributed by atoms with van der Waals surface area (Å²) in [5.41, 5.74) is 2.12. The zero-order chi connectivity index (χ0) is 16.2. The summed E-state index contributed by atoms with van der Waals surface area (Å²) in [6.45, 7) is 4.90. The molecule has 0 heterocycles. The van der Waals surface area contributed by atoms with E-state index in [9.17, 15) is 4.79 Å². The van der Waals surface area contributed by atoms with Crippen molar-refractivity contribution in [1.82, 2.24) is 0 Å². The maximum atomic E-state index is 11.6. The minimum absolute atomic E-state index is 0.271. The largest absolute Gasteiger partial charge is 0.501 e. The van der Waals surface area contributed by atoms with Crippen LogP contribution < -0.4 is 0 Å². The molecule has 0 N–H and O–H groups in total. The van der Waals surface area contributed by atoms with Crippen molar-refractivity contribution in [1.29, 1.82) is 0 Å². The molecule has 2 saturated carbocycles. The van der Waals surface area contributed by atoms with Crippen LogP contribution in [0.1, 0.15) is 58.8 Å². The molecule has 4 rings (SSSR count). The lowest BCUT2D eigenvalue weighted by Gasteiger charge is -2.56. The molecule has 2 fully saturated rings. The Hall–Kier alpha value is -1.05. The minimum Gasteiger partial charge on any atom is -0.501 e. The van der Waals surface area contributed by atoms with Crippen molar-refractivity contribution >= 4 is 6.29 Å². The molecule has 0 amide bonds. The monoisotopic (exact) mass is 314 g/mol. The third-order valence-electron chi connectivity index (χ3n) is 8.23. The van der Waals surface area contributed by atoms with E-state index < -0.39 is 0 Å². The Bertz CT molecular complexity index is 574. The van der Waals surface area contributed by atoms with Gasteiger partial charge >= 0.3 is 0 Å². The first-order chi connectivity index (χ1) is 11.0. The van der Waals surface area contributed by atoms with Crippen LogP contribution in [0.15, 0.2) is 23.5 Å². The molecular formula is C21H30O2. The van der Waals surface area contributed by atoms with Gasteiger partial charge in [-0.05, 0) is 78.8 Å². The predicted octanol–water partition coefficient (Wildman–Crippen LogP) is 4.90. The SMILES string of the molecule is COC1=CC2=CC[C@@H]3[C@H](CC[C@]4(C)C(C=O)CC[C@@H]34)[C@@]2(C)CC1. The summed E-state index contributed by atoms with van der Waals surface area (Å²) in [6, 6.07) is 0. The van der Waals surface area contributed by atoms with Crippen molar-refractivity contribution < 1.29 is 9.53 Å². The minimum atomic E-state index is 0.271. The molecule has 0 spiro atoms. The highest BCUT2D eigenvalue weighted by Gasteiger charge is 2.58. The van der Waals surface area contributed by atoms with Gasteiger partial charge in [0.2, 0.25) is 0 Å². The Kier molecular flexibility index (Phi) is 3.52. The molecule has 0 bridgehead atoms. The van der Waals surface area contributed by atoms with Crippen LogP contribution in [0.2, 0.25) is 0 Å². The van der Waals surface area contributed by atoms with Gasteiger partial charge in [0.1, 0.15) is 6.29 Å². The number of ether oxygens (including phenoxy) is 1. The van der Waals surface area contributed by atoms with Crippen molar-refractivity contribution in [2.24, 2.45) is 34.5 Å². The molecule has 23 heavy (non-hydrogen) atoms. The van der Waals surface area contributed by atoms with E-state index in [1.165, 1.54) is 44.0 Å². The first-order valence-corrected chi connectivity index (χ1v) is 9.43. The molecule has 126 valence electrons. The van der Waals surface area contributed by atoms with E-state index in [0.717, 1.165) is 36.4 Å². The average Bonchev–Trinajstić information content (AvgIpc) is 2.90. The Labute approximate surface area is 140 Å². The van der Waals surface area contributed by atoms with E-state index in [2.05, 4.69) is 26.0 Å². The van der Waals surface area contributed by atoms with Gasteiger partial charge in [0.05, 0.1) is 12.9 Å². The molecule has 0 saturated heterocycles. The summed E-state index contributed by atoms with van der Waals surface area (Å²) < 4.78 is 5.52. The molecule has 4 aliphatic rings. The number of hydrogen-bond donors (Lipinski definition) is 0. The first-order valence-electron chi connectivity index (χ1n) is 9.43. The molecular weight excluding hydrogens is 284 g/mol. The fourth-order valence-electron chi connectivity index (χ4n) is 6.72. The van der Waals surface area contributed by atoms with Gasteiger partial charge in [0.15, 0.2) is 0 Å². The number of hydrogen-bond acceptors (Lipinski definition) is 2. The number of aldehydes is 1. The molecule has 0 aliphatic heterocycles. The summed E-state index contributed by atoms with van der Waals surface area (Å²) in [5, 5.41) is 0. The van der Waals surface area contributed by atoms with Crippen molar-refractivity contribution in [2.45, 2.75) is 58.8 Å². The molecule has 6 atom stereocenters. The molecule has 0 aromatic rings. The van der Waals surface area contributed by atoms with Crippen LogP contribution in [-0.2, 0) is 9.53 Å². The van der Waals surface area contributed by atoms with Crippen LogP contribution in [-0.4, -0.2) is 13.4 Å². The van der Waals surface area contributed by atoms with Crippen molar-refractivity contribution in [3.63, 3.8) is 0 Å². The van der Waals surface area contributed by atoms with E-state index in [0.29, 0.717) is 11.3 Å². The zero-order valence-electron chi connectivity index (χ0n) is 14.8. The van der Waals surface area contributed by atoms with E-state index in [1.54, 1.807) is 7.11 Å². The maximum Gasteiger partial charge on any atom is 0.123 e. The topological polar surface area (TPSA) is 26.3 Å². The van der Waals surface area contributed by atoms with E-state index in [-0.39, 0.29) is 5.41 Å². The first kappa shape index (κ1) is 15.5. The second kappa shape index (κ2) is 5.22. The lowest BCUT2D eigenvalue weighted by atomic mass is 9.48. The van der Waals surface area contributed by atoms with Gasteiger partial charge in [-0.25, -0.2) is 0 Å². The second-order valence-corrected chi connectivity index (χ2v) is 8.87. The van der Waals surface area contributed by atoms with Gasteiger partial charge in [-0.1, -0.05) is 19.9 Å². The fourth-order valence-corrected chi connectivity index (χ4v) is 6.72. The lowest BCUT2D eigenvalue weighted by molar-refractivity contribution is -0.117. The van der Waals surface area contributed by atoms with Gasteiger partial charge < -0.3 is 9.53 Å². The number of carbonyl (C=O) groups is 1. The maximum absolute atomic E-state index is 11.6. The number of allylic oxidation sites excluding steroid dienone is 4. The third kappa shape index (κ3) is 2.03. The molecule has 0 aromatic heterocycles. The Balaban J connectivity index is 1.68.